The number of hydrogen-bond acceptors (Lipinski definition) is 6. The lowest BCUT2D eigenvalue weighted by molar-refractivity contribution is -0.423. The number of ether oxygens (including phenoxy) is 2. The molecule has 0 aliphatic carbocycles. The molecule has 4 N–H and O–H groups in total. The fourth-order valence-electron chi connectivity index (χ4n) is 0.995. The Kier molecular flexibility index (Phi) is 2.67. The van der Waals surface area contributed by atoms with Gasteiger partial charge in [0, 0.05) is 7.11 Å². The van der Waals surface area contributed by atoms with Crippen molar-refractivity contribution >= 4 is 0 Å². The van der Waals surface area contributed by atoms with Gasteiger partial charge in [-0.15, -0.1) is 0 Å². The third kappa shape index (κ3) is 1.45. The summed E-state index contributed by atoms with van der Waals surface area (Å²) in [7, 11) is 1.12. The van der Waals surface area contributed by atoms with Gasteiger partial charge in [-0.05, 0) is 0 Å². The van der Waals surface area contributed by atoms with Gasteiger partial charge >= 0.3 is 5.97 Å². The van der Waals surface area contributed by atoms with Crippen LogP contribution in [0.1, 0.15) is 0 Å². The van der Waals surface area contributed by atoms with Crippen LogP contribution in [0, 0.1) is 0 Å². The van der Waals surface area contributed by atoms with E-state index in [2.05, 4.69) is 9.47 Å². The summed E-state index contributed by atoms with van der Waals surface area (Å²) in [5.74, 6) is -2.22. The van der Waals surface area contributed by atoms with Crippen molar-refractivity contribution in [2.24, 2.45) is 0 Å². The maximum atomic E-state index is 9.27. The van der Waals surface area contributed by atoms with E-state index >= 15 is 0 Å². The Hall–Kier alpha value is -0.240. The van der Waals surface area contributed by atoms with E-state index in [1.54, 1.807) is 0 Å². The molecule has 6 nitrogen and oxygen atoms in total. The summed E-state index contributed by atoms with van der Waals surface area (Å²) in [5.41, 5.74) is 0. The molecular weight excluding hydrogens is 168 g/mol. The molecule has 0 saturated carbocycles. The van der Waals surface area contributed by atoms with Crippen LogP contribution >= 0.6 is 0 Å². The second-order valence-corrected chi connectivity index (χ2v) is 2.65. The van der Waals surface area contributed by atoms with Gasteiger partial charge in [0.05, 0.1) is 6.61 Å². The topological polar surface area (TPSA) is 99.4 Å². The lowest BCUT2D eigenvalue weighted by atomic mass is 10.0. The molecule has 1 saturated heterocycles. The van der Waals surface area contributed by atoms with Crippen LogP contribution < -0.4 is 0 Å². The number of aliphatic hydroxyl groups is 4. The van der Waals surface area contributed by atoms with E-state index in [9.17, 15) is 5.11 Å². The Bertz CT molecular complexity index is 162. The van der Waals surface area contributed by atoms with E-state index in [-0.39, 0.29) is 6.61 Å². The molecule has 1 aliphatic heterocycles. The van der Waals surface area contributed by atoms with Gasteiger partial charge in [0.25, 0.3) is 0 Å². The maximum Gasteiger partial charge on any atom is 0.310 e. The molecule has 0 bridgehead atoms. The van der Waals surface area contributed by atoms with Crippen LogP contribution in [0.3, 0.4) is 0 Å². The Morgan fingerprint density at radius 3 is 2.50 bits per heavy atom. The number of rotatable bonds is 1. The van der Waals surface area contributed by atoms with E-state index in [4.69, 9.17) is 15.3 Å². The SMILES string of the molecule is COC1(O)OCC(O)C(O)C1O. The minimum Gasteiger partial charge on any atom is -0.388 e. The molecule has 1 heterocycles. The average molecular weight is 180 g/mol. The molecule has 0 aromatic carbocycles. The zero-order valence-electron chi connectivity index (χ0n) is 6.54. The van der Waals surface area contributed by atoms with E-state index in [0.717, 1.165) is 7.11 Å². The molecule has 12 heavy (non-hydrogen) atoms. The molecule has 72 valence electrons. The van der Waals surface area contributed by atoms with Gasteiger partial charge in [-0.25, -0.2) is 0 Å². The van der Waals surface area contributed by atoms with E-state index in [1.807, 2.05) is 0 Å². The van der Waals surface area contributed by atoms with Crippen LogP contribution in [0.2, 0.25) is 0 Å². The highest BCUT2D eigenvalue weighted by Gasteiger charge is 2.49. The second-order valence-electron chi connectivity index (χ2n) is 2.65. The van der Waals surface area contributed by atoms with Crippen LogP contribution in [-0.2, 0) is 9.47 Å². The predicted molar refractivity (Wildman–Crippen MR) is 35.9 cm³/mol. The molecule has 4 unspecified atom stereocenters. The third-order valence-corrected chi connectivity index (χ3v) is 1.84. The monoisotopic (exact) mass is 180 g/mol. The molecule has 0 amide bonds. The number of hydrogen-bond donors (Lipinski definition) is 4. The summed E-state index contributed by atoms with van der Waals surface area (Å²) in [6, 6.07) is 0. The quantitative estimate of drug-likeness (QED) is 0.330. The summed E-state index contributed by atoms with van der Waals surface area (Å²) in [6.07, 6.45) is -4.36. The number of methoxy groups -OCH3 is 1. The zero-order chi connectivity index (χ0) is 9.35. The fourth-order valence-corrected chi connectivity index (χ4v) is 0.995. The van der Waals surface area contributed by atoms with Crippen molar-refractivity contribution in [2.75, 3.05) is 13.7 Å². The van der Waals surface area contributed by atoms with Crippen LogP contribution in [-0.4, -0.2) is 58.4 Å². The Labute approximate surface area is 69.0 Å². The van der Waals surface area contributed by atoms with Crippen LogP contribution in [0.25, 0.3) is 0 Å². The van der Waals surface area contributed by atoms with Gasteiger partial charge in [-0.3, -0.25) is 0 Å². The molecule has 1 fully saturated rings. The summed E-state index contributed by atoms with van der Waals surface area (Å²) in [6.45, 7) is -0.289. The van der Waals surface area contributed by atoms with Crippen molar-refractivity contribution in [3.05, 3.63) is 0 Å². The van der Waals surface area contributed by atoms with Gasteiger partial charge in [-0.1, -0.05) is 0 Å². The molecule has 0 radical (unpaired) electrons. The molecule has 4 atom stereocenters. The Morgan fingerprint density at radius 1 is 1.42 bits per heavy atom. The fraction of sp³-hybridized carbons (Fsp3) is 1.00. The lowest BCUT2D eigenvalue weighted by Gasteiger charge is -2.39. The molecule has 1 rings (SSSR count). The lowest BCUT2D eigenvalue weighted by Crippen LogP contribution is -2.61. The van der Waals surface area contributed by atoms with Gasteiger partial charge in [0.2, 0.25) is 0 Å². The molecule has 6 heteroatoms. The van der Waals surface area contributed by atoms with Gasteiger partial charge in [-0.2, -0.15) is 0 Å². The average Bonchev–Trinajstić information content (AvgIpc) is 2.09. The van der Waals surface area contributed by atoms with E-state index < -0.39 is 24.3 Å². The minimum absolute atomic E-state index is 0.289. The summed E-state index contributed by atoms with van der Waals surface area (Å²) in [4.78, 5) is 0. The highest BCUT2D eigenvalue weighted by Crippen LogP contribution is 2.23. The van der Waals surface area contributed by atoms with Gasteiger partial charge in [0.1, 0.15) is 12.2 Å². The van der Waals surface area contributed by atoms with Crippen molar-refractivity contribution in [1.29, 1.82) is 0 Å². The number of aliphatic hydroxyl groups excluding tert-OH is 3. The molecular formula is C6H12O6. The van der Waals surface area contributed by atoms with Crippen molar-refractivity contribution in [2.45, 2.75) is 24.3 Å². The Morgan fingerprint density at radius 2 is 2.00 bits per heavy atom. The summed E-state index contributed by atoms with van der Waals surface area (Å²) < 4.78 is 9.00. The van der Waals surface area contributed by atoms with Crippen LogP contribution in [0.4, 0.5) is 0 Å². The first-order valence-corrected chi connectivity index (χ1v) is 3.47. The summed E-state index contributed by atoms with van der Waals surface area (Å²) in [5, 5.41) is 36.5. The zero-order valence-corrected chi connectivity index (χ0v) is 6.54. The van der Waals surface area contributed by atoms with Crippen molar-refractivity contribution in [1.82, 2.24) is 0 Å². The van der Waals surface area contributed by atoms with E-state index in [1.165, 1.54) is 0 Å². The van der Waals surface area contributed by atoms with Crippen molar-refractivity contribution in [3.63, 3.8) is 0 Å². The molecule has 0 aromatic heterocycles. The van der Waals surface area contributed by atoms with Crippen molar-refractivity contribution in [3.8, 4) is 0 Å². The summed E-state index contributed by atoms with van der Waals surface area (Å²) >= 11 is 0. The maximum absolute atomic E-state index is 9.27. The first-order valence-electron chi connectivity index (χ1n) is 3.47. The largest absolute Gasteiger partial charge is 0.388 e. The molecule has 0 spiro atoms. The predicted octanol–water partition coefficient (Wildman–Crippen LogP) is -2.61. The van der Waals surface area contributed by atoms with Gasteiger partial charge < -0.3 is 29.9 Å². The molecule has 0 aromatic rings. The standard InChI is InChI=1S/C6H12O6/c1-11-6(10)5(9)4(8)3(7)2-12-6/h3-5,7-10H,2H2,1H3. The Balaban J connectivity index is 2.71. The highest BCUT2D eigenvalue weighted by atomic mass is 16.8. The minimum atomic E-state index is -2.22. The third-order valence-electron chi connectivity index (χ3n) is 1.84. The first-order chi connectivity index (χ1) is 5.51. The van der Waals surface area contributed by atoms with Crippen LogP contribution in [0.5, 0.6) is 0 Å². The highest BCUT2D eigenvalue weighted by molar-refractivity contribution is 4.86. The normalized spacial score (nSPS) is 49.2. The first kappa shape index (κ1) is 9.85. The van der Waals surface area contributed by atoms with Crippen LogP contribution in [0.15, 0.2) is 0 Å². The van der Waals surface area contributed by atoms with E-state index in [0.29, 0.717) is 0 Å². The smallest absolute Gasteiger partial charge is 0.310 e. The van der Waals surface area contributed by atoms with Gasteiger partial charge in [0.15, 0.2) is 6.10 Å². The van der Waals surface area contributed by atoms with Crippen molar-refractivity contribution < 1.29 is 29.9 Å². The molecule has 1 aliphatic rings. The second kappa shape index (κ2) is 3.25.